The van der Waals surface area contributed by atoms with Crippen molar-refractivity contribution >= 4 is 32.4 Å². The van der Waals surface area contributed by atoms with Crippen molar-refractivity contribution in [3.05, 3.63) is 113 Å². The summed E-state index contributed by atoms with van der Waals surface area (Å²) < 4.78 is 26.6. The Morgan fingerprint density at radius 1 is 0.794 bits per heavy atom. The molecule has 0 saturated heterocycles. The van der Waals surface area contributed by atoms with E-state index < -0.39 is 10.0 Å². The first-order valence-corrected chi connectivity index (χ1v) is 13.0. The second-order valence-electron chi connectivity index (χ2n) is 8.57. The number of carbonyl (C=O) groups is 1. The van der Waals surface area contributed by atoms with Crippen LogP contribution in [0.3, 0.4) is 0 Å². The average Bonchev–Trinajstić information content (AvgIpc) is 2.81. The van der Waals surface area contributed by atoms with Crippen molar-refractivity contribution in [1.82, 2.24) is 5.32 Å². The summed E-state index contributed by atoms with van der Waals surface area (Å²) in [5.41, 5.74) is 4.86. The van der Waals surface area contributed by atoms with Gasteiger partial charge in [0.25, 0.3) is 5.91 Å². The van der Waals surface area contributed by atoms with Gasteiger partial charge in [0.05, 0.1) is 18.5 Å². The average molecular weight is 473 g/mol. The number of anilines is 1. The molecule has 4 rings (SSSR count). The van der Waals surface area contributed by atoms with Crippen LogP contribution in [0.4, 0.5) is 5.69 Å². The third-order valence-electron chi connectivity index (χ3n) is 5.90. The molecule has 0 spiro atoms. The predicted molar refractivity (Wildman–Crippen MR) is 139 cm³/mol. The summed E-state index contributed by atoms with van der Waals surface area (Å²) in [5, 5.41) is 5.26. The number of aryl methyl sites for hydroxylation is 2. The van der Waals surface area contributed by atoms with E-state index in [-0.39, 0.29) is 12.5 Å². The summed E-state index contributed by atoms with van der Waals surface area (Å²) in [6.07, 6.45) is 1.22. The lowest BCUT2D eigenvalue weighted by Gasteiger charge is -2.26. The van der Waals surface area contributed by atoms with Gasteiger partial charge in [0.15, 0.2) is 0 Å². The zero-order valence-electron chi connectivity index (χ0n) is 19.6. The number of fused-ring (bicyclic) bond motifs is 1. The van der Waals surface area contributed by atoms with E-state index in [2.05, 4.69) is 29.6 Å². The van der Waals surface area contributed by atoms with E-state index in [4.69, 9.17) is 0 Å². The van der Waals surface area contributed by atoms with Crippen LogP contribution in [0.25, 0.3) is 10.8 Å². The quantitative estimate of drug-likeness (QED) is 0.394. The highest BCUT2D eigenvalue weighted by Crippen LogP contribution is 2.28. The lowest BCUT2D eigenvalue weighted by atomic mass is 10.1. The Hall–Kier alpha value is -3.64. The number of hydrogen-bond acceptors (Lipinski definition) is 3. The minimum Gasteiger partial charge on any atom is -0.348 e. The molecule has 0 aliphatic heterocycles. The van der Waals surface area contributed by atoms with Crippen molar-refractivity contribution < 1.29 is 13.2 Å². The molecule has 0 saturated carbocycles. The molecule has 0 aromatic heterocycles. The van der Waals surface area contributed by atoms with Crippen molar-refractivity contribution in [2.24, 2.45) is 0 Å². The summed E-state index contributed by atoms with van der Waals surface area (Å²) >= 11 is 0. The normalized spacial score (nSPS) is 11.4. The van der Waals surface area contributed by atoms with E-state index in [0.29, 0.717) is 17.8 Å². The first-order chi connectivity index (χ1) is 16.2. The molecule has 4 aromatic rings. The van der Waals surface area contributed by atoms with Crippen LogP contribution >= 0.6 is 0 Å². The molecule has 0 radical (unpaired) electrons. The number of para-hydroxylation sites is 1. The standard InChI is InChI=1S/C28H28N2O3S/c1-20-7-6-8-21(2)27(20)30(34(3,32)33)19-22-11-15-25(16-12-22)28(31)29-18-23-13-14-24-9-4-5-10-26(24)17-23/h4-17H,18-19H2,1-3H3,(H,29,31). The molecule has 5 nitrogen and oxygen atoms in total. The lowest BCUT2D eigenvalue weighted by molar-refractivity contribution is 0.0951. The predicted octanol–water partition coefficient (Wildman–Crippen LogP) is 5.35. The van der Waals surface area contributed by atoms with Crippen LogP contribution in [0.2, 0.25) is 0 Å². The van der Waals surface area contributed by atoms with Crippen LogP contribution in [-0.4, -0.2) is 20.6 Å². The Labute approximate surface area is 201 Å². The van der Waals surface area contributed by atoms with Gasteiger partial charge in [-0.15, -0.1) is 0 Å². The largest absolute Gasteiger partial charge is 0.348 e. The Bertz CT molecular complexity index is 1420. The number of nitrogens with zero attached hydrogens (tertiary/aromatic N) is 1. The Morgan fingerprint density at radius 2 is 1.41 bits per heavy atom. The van der Waals surface area contributed by atoms with Crippen LogP contribution < -0.4 is 9.62 Å². The van der Waals surface area contributed by atoms with Gasteiger partial charge in [0, 0.05) is 12.1 Å². The molecule has 0 aliphatic rings. The molecule has 0 fully saturated rings. The van der Waals surface area contributed by atoms with Crippen LogP contribution in [-0.2, 0) is 23.1 Å². The minimum absolute atomic E-state index is 0.172. The minimum atomic E-state index is -3.49. The first kappa shape index (κ1) is 23.5. The Morgan fingerprint density at radius 3 is 2.06 bits per heavy atom. The molecule has 0 unspecified atom stereocenters. The summed E-state index contributed by atoms with van der Waals surface area (Å²) in [6, 6.07) is 27.1. The summed E-state index contributed by atoms with van der Waals surface area (Å²) in [7, 11) is -3.49. The molecule has 34 heavy (non-hydrogen) atoms. The highest BCUT2D eigenvalue weighted by molar-refractivity contribution is 7.92. The number of amides is 1. The molecule has 4 aromatic carbocycles. The highest BCUT2D eigenvalue weighted by Gasteiger charge is 2.21. The molecule has 6 heteroatoms. The fourth-order valence-electron chi connectivity index (χ4n) is 4.12. The molecule has 0 heterocycles. The molecule has 0 aliphatic carbocycles. The monoisotopic (exact) mass is 472 g/mol. The van der Waals surface area contributed by atoms with Crippen LogP contribution in [0.15, 0.2) is 84.9 Å². The first-order valence-electron chi connectivity index (χ1n) is 11.1. The summed E-state index contributed by atoms with van der Waals surface area (Å²) in [5.74, 6) is -0.172. The number of sulfonamides is 1. The Kier molecular flexibility index (Phi) is 6.70. The topological polar surface area (TPSA) is 66.5 Å². The van der Waals surface area contributed by atoms with Crippen molar-refractivity contribution in [2.75, 3.05) is 10.6 Å². The number of carbonyl (C=O) groups excluding carboxylic acids is 1. The van der Waals surface area contributed by atoms with E-state index in [1.165, 1.54) is 10.6 Å². The van der Waals surface area contributed by atoms with Gasteiger partial charge in [-0.25, -0.2) is 8.42 Å². The van der Waals surface area contributed by atoms with E-state index in [9.17, 15) is 13.2 Å². The summed E-state index contributed by atoms with van der Waals surface area (Å²) in [6.45, 7) is 4.44. The third kappa shape index (κ3) is 5.29. The van der Waals surface area contributed by atoms with Crippen molar-refractivity contribution in [1.29, 1.82) is 0 Å². The van der Waals surface area contributed by atoms with Gasteiger partial charge in [0.1, 0.15) is 0 Å². The number of nitrogens with one attached hydrogen (secondary N) is 1. The number of rotatable bonds is 7. The van der Waals surface area contributed by atoms with Crippen molar-refractivity contribution in [2.45, 2.75) is 26.9 Å². The van der Waals surface area contributed by atoms with Gasteiger partial charge in [-0.3, -0.25) is 9.10 Å². The second kappa shape index (κ2) is 9.69. The Balaban J connectivity index is 1.46. The van der Waals surface area contributed by atoms with Crippen LogP contribution in [0.1, 0.15) is 32.6 Å². The molecular formula is C28H28N2O3S. The molecule has 1 N–H and O–H groups in total. The van der Waals surface area contributed by atoms with Gasteiger partial charge in [-0.1, -0.05) is 66.7 Å². The van der Waals surface area contributed by atoms with Gasteiger partial charge in [-0.2, -0.15) is 0 Å². The molecule has 1 amide bonds. The number of hydrogen-bond donors (Lipinski definition) is 1. The third-order valence-corrected chi connectivity index (χ3v) is 7.01. The zero-order chi connectivity index (χ0) is 24.3. The highest BCUT2D eigenvalue weighted by atomic mass is 32.2. The van der Waals surface area contributed by atoms with Crippen molar-refractivity contribution in [3.8, 4) is 0 Å². The lowest BCUT2D eigenvalue weighted by Crippen LogP contribution is -2.30. The fourth-order valence-corrected chi connectivity index (χ4v) is 5.12. The zero-order valence-corrected chi connectivity index (χ0v) is 20.4. The molecular weight excluding hydrogens is 444 g/mol. The van der Waals surface area contributed by atoms with E-state index >= 15 is 0 Å². The van der Waals surface area contributed by atoms with Gasteiger partial charge in [-0.05, 0) is 65.1 Å². The van der Waals surface area contributed by atoms with Crippen molar-refractivity contribution in [3.63, 3.8) is 0 Å². The maximum Gasteiger partial charge on any atom is 0.251 e. The molecule has 0 bridgehead atoms. The number of benzene rings is 4. The van der Waals surface area contributed by atoms with E-state index in [1.54, 1.807) is 24.3 Å². The maximum absolute atomic E-state index is 12.7. The fraction of sp³-hybridized carbons (Fsp3) is 0.179. The second-order valence-corrected chi connectivity index (χ2v) is 10.5. The van der Waals surface area contributed by atoms with Crippen LogP contribution in [0, 0.1) is 13.8 Å². The van der Waals surface area contributed by atoms with Gasteiger partial charge < -0.3 is 5.32 Å². The maximum atomic E-state index is 12.7. The van der Waals surface area contributed by atoms with E-state index in [1.807, 2.05) is 50.2 Å². The smallest absolute Gasteiger partial charge is 0.251 e. The molecule has 174 valence electrons. The SMILES string of the molecule is Cc1cccc(C)c1N(Cc1ccc(C(=O)NCc2ccc3ccccc3c2)cc1)S(C)(=O)=O. The summed E-state index contributed by atoms with van der Waals surface area (Å²) in [4.78, 5) is 12.7. The van der Waals surface area contributed by atoms with Gasteiger partial charge in [0.2, 0.25) is 10.0 Å². The van der Waals surface area contributed by atoms with Gasteiger partial charge >= 0.3 is 0 Å². The molecule has 0 atom stereocenters. The van der Waals surface area contributed by atoms with Crippen LogP contribution in [0.5, 0.6) is 0 Å². The van der Waals surface area contributed by atoms with E-state index in [0.717, 1.165) is 33.0 Å².